The molecule has 1 unspecified atom stereocenters. The Morgan fingerprint density at radius 1 is 1.17 bits per heavy atom. The molecule has 8 heteroatoms. The molecular weight excluding hydrogens is 413 g/mol. The highest BCUT2D eigenvalue weighted by molar-refractivity contribution is 7.99. The van der Waals surface area contributed by atoms with E-state index in [4.69, 9.17) is 5.11 Å². The van der Waals surface area contributed by atoms with E-state index in [2.05, 4.69) is 10.2 Å². The van der Waals surface area contributed by atoms with Crippen molar-refractivity contribution in [1.82, 2.24) is 10.2 Å². The number of carboxylic acids is 1. The number of nitrogens with one attached hydrogen (secondary N) is 1. The normalized spacial score (nSPS) is 12.7. The van der Waals surface area contributed by atoms with E-state index in [-0.39, 0.29) is 11.7 Å². The van der Waals surface area contributed by atoms with Gasteiger partial charge in [-0.1, -0.05) is 18.2 Å². The number of aryl methyl sites for hydroxylation is 3. The highest BCUT2D eigenvalue weighted by Gasteiger charge is 2.30. The van der Waals surface area contributed by atoms with Crippen molar-refractivity contribution in [2.45, 2.75) is 43.0 Å². The monoisotopic (exact) mass is 434 g/mol. The molecule has 0 fully saturated rings. The smallest absolute Gasteiger partial charge is 0.416 e. The van der Waals surface area contributed by atoms with Gasteiger partial charge in [0.1, 0.15) is 0 Å². The maximum atomic E-state index is 12.9. The zero-order chi connectivity index (χ0) is 21.9. The van der Waals surface area contributed by atoms with Gasteiger partial charge in [-0.3, -0.25) is 9.89 Å². The molecule has 0 saturated carbocycles. The van der Waals surface area contributed by atoms with Crippen molar-refractivity contribution < 1.29 is 23.1 Å². The highest BCUT2D eigenvalue weighted by Crippen LogP contribution is 2.42. The van der Waals surface area contributed by atoms with Gasteiger partial charge >= 0.3 is 12.1 Å². The van der Waals surface area contributed by atoms with Gasteiger partial charge in [0.25, 0.3) is 0 Å². The van der Waals surface area contributed by atoms with E-state index in [9.17, 15) is 18.0 Å². The summed E-state index contributed by atoms with van der Waals surface area (Å²) in [6.45, 7) is 3.80. The molecule has 0 aliphatic heterocycles. The summed E-state index contributed by atoms with van der Waals surface area (Å²) in [5.74, 6) is -0.842. The van der Waals surface area contributed by atoms with Gasteiger partial charge in [0.2, 0.25) is 0 Å². The topological polar surface area (TPSA) is 66.0 Å². The lowest BCUT2D eigenvalue weighted by Crippen LogP contribution is -2.05. The Kier molecular flexibility index (Phi) is 6.55. The number of halogens is 3. The average molecular weight is 434 g/mol. The van der Waals surface area contributed by atoms with Crippen LogP contribution >= 0.6 is 11.8 Å². The number of carboxylic acid groups (broad SMARTS) is 1. The van der Waals surface area contributed by atoms with Crippen LogP contribution in [0.1, 0.15) is 45.2 Å². The molecule has 1 aromatic heterocycles. The number of aliphatic carboxylic acids is 1. The molecule has 0 radical (unpaired) electrons. The van der Waals surface area contributed by atoms with Crippen LogP contribution in [0.15, 0.2) is 53.6 Å². The van der Waals surface area contributed by atoms with Gasteiger partial charge < -0.3 is 5.11 Å². The van der Waals surface area contributed by atoms with Crippen LogP contribution in [-0.2, 0) is 17.4 Å². The minimum absolute atomic E-state index is 0.0652. The van der Waals surface area contributed by atoms with Crippen LogP contribution in [0.4, 0.5) is 13.2 Å². The molecule has 0 bridgehead atoms. The minimum atomic E-state index is -4.38. The van der Waals surface area contributed by atoms with E-state index in [0.717, 1.165) is 45.0 Å². The van der Waals surface area contributed by atoms with Crippen LogP contribution in [0.2, 0.25) is 0 Å². The Labute approximate surface area is 176 Å². The lowest BCUT2D eigenvalue weighted by Gasteiger charge is -2.19. The summed E-state index contributed by atoms with van der Waals surface area (Å²) in [5.41, 5.74) is 3.75. The number of rotatable bonds is 7. The lowest BCUT2D eigenvalue weighted by molar-refractivity contribution is -0.138. The van der Waals surface area contributed by atoms with Crippen LogP contribution in [0, 0.1) is 13.8 Å². The highest BCUT2D eigenvalue weighted by atomic mass is 32.2. The van der Waals surface area contributed by atoms with Crippen LogP contribution in [-0.4, -0.2) is 21.3 Å². The molecule has 0 aliphatic rings. The average Bonchev–Trinajstić information content (AvgIpc) is 3.10. The molecule has 3 aromatic rings. The molecule has 3 rings (SSSR count). The van der Waals surface area contributed by atoms with Gasteiger partial charge in [0.15, 0.2) is 0 Å². The van der Waals surface area contributed by atoms with Gasteiger partial charge in [-0.15, -0.1) is 11.8 Å². The molecule has 158 valence electrons. The minimum Gasteiger partial charge on any atom is -0.481 e. The number of thioether (sulfide) groups is 1. The first-order valence-electron chi connectivity index (χ1n) is 9.30. The van der Waals surface area contributed by atoms with E-state index in [1.807, 2.05) is 32.0 Å². The number of hydrogen-bond acceptors (Lipinski definition) is 3. The molecule has 4 nitrogen and oxygen atoms in total. The van der Waals surface area contributed by atoms with Crippen LogP contribution in [0.5, 0.6) is 0 Å². The summed E-state index contributed by atoms with van der Waals surface area (Å²) in [5, 5.41) is 15.6. The standard InChI is InChI=1S/C22H21F3N2O2S/c1-13-11-18(9-5-15(13)6-10-20(28)29)30-21(19-12-26-27-14(19)2)16-3-7-17(8-4-16)22(23,24)25/h3-5,7-9,11-12,21H,6,10H2,1-2H3,(H,26,27)(H,28,29). The Morgan fingerprint density at radius 3 is 2.40 bits per heavy atom. The summed E-state index contributed by atoms with van der Waals surface area (Å²) < 4.78 is 38.8. The first-order chi connectivity index (χ1) is 14.1. The van der Waals surface area contributed by atoms with Crippen LogP contribution < -0.4 is 0 Å². The summed E-state index contributed by atoms with van der Waals surface area (Å²) in [4.78, 5) is 11.8. The molecule has 0 amide bonds. The zero-order valence-electron chi connectivity index (χ0n) is 16.5. The van der Waals surface area contributed by atoms with Crippen molar-refractivity contribution in [2.75, 3.05) is 0 Å². The number of alkyl halides is 3. The number of carbonyl (C=O) groups is 1. The molecule has 0 spiro atoms. The van der Waals surface area contributed by atoms with Gasteiger partial charge in [0.05, 0.1) is 17.0 Å². The van der Waals surface area contributed by atoms with E-state index < -0.39 is 17.7 Å². The number of aromatic amines is 1. The van der Waals surface area contributed by atoms with Crippen LogP contribution in [0.25, 0.3) is 0 Å². The summed E-state index contributed by atoms with van der Waals surface area (Å²) in [6, 6.07) is 11.0. The summed E-state index contributed by atoms with van der Waals surface area (Å²) in [6.07, 6.45) is -2.17. The number of nitrogens with zero attached hydrogens (tertiary/aromatic N) is 1. The Hall–Kier alpha value is -2.74. The third kappa shape index (κ3) is 5.24. The predicted molar refractivity (Wildman–Crippen MR) is 110 cm³/mol. The fourth-order valence-electron chi connectivity index (χ4n) is 3.18. The Balaban J connectivity index is 1.90. The van der Waals surface area contributed by atoms with E-state index in [1.165, 1.54) is 23.9 Å². The molecule has 2 N–H and O–H groups in total. The second kappa shape index (κ2) is 8.95. The van der Waals surface area contributed by atoms with Crippen LogP contribution in [0.3, 0.4) is 0 Å². The number of benzene rings is 2. The van der Waals surface area contributed by atoms with Gasteiger partial charge in [-0.25, -0.2) is 0 Å². The van der Waals surface area contributed by atoms with E-state index >= 15 is 0 Å². The second-order valence-corrected chi connectivity index (χ2v) is 8.23. The van der Waals surface area contributed by atoms with Gasteiger partial charge in [-0.2, -0.15) is 18.3 Å². The number of H-pyrrole nitrogens is 1. The maximum absolute atomic E-state index is 12.9. The molecule has 1 atom stereocenters. The molecular formula is C22H21F3N2O2S. The third-order valence-corrected chi connectivity index (χ3v) is 6.16. The first kappa shape index (κ1) is 22.0. The van der Waals surface area contributed by atoms with Crippen molar-refractivity contribution in [2.24, 2.45) is 0 Å². The second-order valence-electron chi connectivity index (χ2n) is 7.05. The molecule has 0 aliphatic carbocycles. The van der Waals surface area contributed by atoms with Crippen molar-refractivity contribution in [3.63, 3.8) is 0 Å². The Bertz CT molecular complexity index is 1030. The lowest BCUT2D eigenvalue weighted by atomic mass is 10.0. The number of aromatic nitrogens is 2. The maximum Gasteiger partial charge on any atom is 0.416 e. The summed E-state index contributed by atoms with van der Waals surface area (Å²) >= 11 is 1.52. The van der Waals surface area contributed by atoms with Gasteiger partial charge in [0, 0.05) is 22.6 Å². The fraction of sp³-hybridized carbons (Fsp3) is 0.273. The molecule has 0 saturated heterocycles. The summed E-state index contributed by atoms with van der Waals surface area (Å²) in [7, 11) is 0. The molecule has 1 heterocycles. The largest absolute Gasteiger partial charge is 0.481 e. The Morgan fingerprint density at radius 2 is 1.87 bits per heavy atom. The predicted octanol–water partition coefficient (Wildman–Crippen LogP) is 5.94. The van der Waals surface area contributed by atoms with Crippen molar-refractivity contribution in [3.05, 3.63) is 82.2 Å². The van der Waals surface area contributed by atoms with Crippen molar-refractivity contribution in [1.29, 1.82) is 0 Å². The SMILES string of the molecule is Cc1cc(SC(c2ccc(C(F)(F)F)cc2)c2cn[nH]c2C)ccc1CCC(=O)O. The zero-order valence-corrected chi connectivity index (χ0v) is 17.3. The number of hydrogen-bond donors (Lipinski definition) is 2. The quantitative estimate of drug-likeness (QED) is 0.452. The molecule has 2 aromatic carbocycles. The van der Waals surface area contributed by atoms with Crippen molar-refractivity contribution in [3.8, 4) is 0 Å². The van der Waals surface area contributed by atoms with E-state index in [0.29, 0.717) is 6.42 Å². The first-order valence-corrected chi connectivity index (χ1v) is 10.2. The molecule has 30 heavy (non-hydrogen) atoms. The fourth-order valence-corrected chi connectivity index (χ4v) is 4.50. The third-order valence-electron chi connectivity index (χ3n) is 4.87. The van der Waals surface area contributed by atoms with Crippen molar-refractivity contribution >= 4 is 17.7 Å². The van der Waals surface area contributed by atoms with E-state index in [1.54, 1.807) is 6.20 Å². The van der Waals surface area contributed by atoms with Gasteiger partial charge in [-0.05, 0) is 61.2 Å².